The Morgan fingerprint density at radius 2 is 1.85 bits per heavy atom. The average Bonchev–Trinajstić information content (AvgIpc) is 2.38. The Kier molecular flexibility index (Phi) is 8.13. The van der Waals surface area contributed by atoms with Crippen molar-refractivity contribution in [2.24, 2.45) is 23.7 Å². The molecule has 3 unspecified atom stereocenters. The van der Waals surface area contributed by atoms with Gasteiger partial charge in [0, 0.05) is 12.6 Å². The van der Waals surface area contributed by atoms with Crippen molar-refractivity contribution < 1.29 is 0 Å². The van der Waals surface area contributed by atoms with Gasteiger partial charge in [0.2, 0.25) is 0 Å². The number of rotatable bonds is 8. The van der Waals surface area contributed by atoms with Gasteiger partial charge in [0.05, 0.1) is 0 Å². The minimum absolute atomic E-state index is 0.747. The van der Waals surface area contributed by atoms with Gasteiger partial charge in [0.25, 0.3) is 0 Å². The van der Waals surface area contributed by atoms with Gasteiger partial charge in [-0.3, -0.25) is 0 Å². The molecule has 1 N–H and O–H groups in total. The Morgan fingerprint density at radius 1 is 1.15 bits per heavy atom. The highest BCUT2D eigenvalue weighted by atomic mass is 15.1. The van der Waals surface area contributed by atoms with Gasteiger partial charge >= 0.3 is 0 Å². The van der Waals surface area contributed by atoms with E-state index in [-0.39, 0.29) is 0 Å². The van der Waals surface area contributed by atoms with E-state index in [1.165, 1.54) is 38.8 Å². The van der Waals surface area contributed by atoms with E-state index in [0.29, 0.717) is 0 Å². The quantitative estimate of drug-likeness (QED) is 0.723. The van der Waals surface area contributed by atoms with Crippen molar-refractivity contribution in [3.63, 3.8) is 0 Å². The summed E-state index contributed by atoms with van der Waals surface area (Å²) in [4.78, 5) is 2.57. The third-order valence-electron chi connectivity index (χ3n) is 5.07. The SMILES string of the molecule is CCNC1CCC(C(C)C)CC1CN(C)CCC(C)C. The predicted octanol–water partition coefficient (Wildman–Crippen LogP) is 4.01. The summed E-state index contributed by atoms with van der Waals surface area (Å²) < 4.78 is 0. The highest BCUT2D eigenvalue weighted by Gasteiger charge is 2.31. The molecule has 1 fully saturated rings. The Balaban J connectivity index is 2.50. The molecule has 2 heteroatoms. The Bertz CT molecular complexity index is 250. The molecule has 0 heterocycles. The zero-order chi connectivity index (χ0) is 15.1. The summed E-state index contributed by atoms with van der Waals surface area (Å²) in [5.74, 6) is 3.44. The second-order valence-electron chi connectivity index (χ2n) is 7.69. The van der Waals surface area contributed by atoms with Crippen LogP contribution in [0.15, 0.2) is 0 Å². The molecule has 1 aliphatic rings. The lowest BCUT2D eigenvalue weighted by Gasteiger charge is -2.40. The first-order chi connectivity index (χ1) is 9.43. The van der Waals surface area contributed by atoms with Crippen LogP contribution >= 0.6 is 0 Å². The van der Waals surface area contributed by atoms with Crippen LogP contribution in [0.5, 0.6) is 0 Å². The topological polar surface area (TPSA) is 15.3 Å². The van der Waals surface area contributed by atoms with Gasteiger partial charge in [-0.25, -0.2) is 0 Å². The molecular formula is C18H38N2. The molecule has 1 rings (SSSR count). The second-order valence-corrected chi connectivity index (χ2v) is 7.69. The summed E-state index contributed by atoms with van der Waals surface area (Å²) in [5, 5.41) is 3.74. The summed E-state index contributed by atoms with van der Waals surface area (Å²) in [5.41, 5.74) is 0. The summed E-state index contributed by atoms with van der Waals surface area (Å²) in [6.07, 6.45) is 5.53. The van der Waals surface area contributed by atoms with Crippen LogP contribution in [0.1, 0.15) is 60.3 Å². The van der Waals surface area contributed by atoms with E-state index in [1.807, 2.05) is 0 Å². The molecule has 0 saturated heterocycles. The van der Waals surface area contributed by atoms with Gasteiger partial charge in [-0.15, -0.1) is 0 Å². The Hall–Kier alpha value is -0.0800. The van der Waals surface area contributed by atoms with Gasteiger partial charge in [-0.1, -0.05) is 34.6 Å². The fraction of sp³-hybridized carbons (Fsp3) is 1.00. The van der Waals surface area contributed by atoms with E-state index in [0.717, 1.165) is 36.3 Å². The summed E-state index contributed by atoms with van der Waals surface area (Å²) in [7, 11) is 2.31. The van der Waals surface area contributed by atoms with E-state index >= 15 is 0 Å². The van der Waals surface area contributed by atoms with E-state index in [9.17, 15) is 0 Å². The molecule has 0 radical (unpaired) electrons. The fourth-order valence-corrected chi connectivity index (χ4v) is 3.61. The zero-order valence-electron chi connectivity index (χ0n) is 14.8. The first-order valence-corrected chi connectivity index (χ1v) is 8.85. The number of hydrogen-bond acceptors (Lipinski definition) is 2. The molecule has 0 amide bonds. The maximum absolute atomic E-state index is 3.74. The molecule has 0 bridgehead atoms. The van der Waals surface area contributed by atoms with E-state index in [4.69, 9.17) is 0 Å². The number of hydrogen-bond donors (Lipinski definition) is 1. The molecule has 0 aromatic carbocycles. The second kappa shape index (κ2) is 9.04. The standard InChI is InChI=1S/C18H38N2/c1-7-19-18-9-8-16(15(4)5)12-17(18)13-20(6)11-10-14(2)3/h14-19H,7-13H2,1-6H3. The highest BCUT2D eigenvalue weighted by molar-refractivity contribution is 4.87. The molecule has 0 aliphatic heterocycles. The minimum Gasteiger partial charge on any atom is -0.314 e. The van der Waals surface area contributed by atoms with Crippen LogP contribution < -0.4 is 5.32 Å². The van der Waals surface area contributed by atoms with Crippen LogP contribution in [-0.2, 0) is 0 Å². The van der Waals surface area contributed by atoms with Crippen molar-refractivity contribution in [3.05, 3.63) is 0 Å². The first-order valence-electron chi connectivity index (χ1n) is 8.85. The monoisotopic (exact) mass is 282 g/mol. The summed E-state index contributed by atoms with van der Waals surface area (Å²) >= 11 is 0. The maximum atomic E-state index is 3.74. The van der Waals surface area contributed by atoms with Crippen LogP contribution in [0, 0.1) is 23.7 Å². The van der Waals surface area contributed by atoms with Crippen molar-refractivity contribution in [2.45, 2.75) is 66.3 Å². The predicted molar refractivity (Wildman–Crippen MR) is 90.1 cm³/mol. The molecule has 3 atom stereocenters. The Morgan fingerprint density at radius 3 is 2.40 bits per heavy atom. The lowest BCUT2D eigenvalue weighted by Crippen LogP contribution is -2.46. The smallest absolute Gasteiger partial charge is 0.0108 e. The maximum Gasteiger partial charge on any atom is 0.0108 e. The summed E-state index contributed by atoms with van der Waals surface area (Å²) in [6, 6.07) is 0.747. The first kappa shape index (κ1) is 18.0. The van der Waals surface area contributed by atoms with E-state index < -0.39 is 0 Å². The third kappa shape index (κ3) is 6.13. The molecule has 1 saturated carbocycles. The number of nitrogens with one attached hydrogen (secondary N) is 1. The van der Waals surface area contributed by atoms with Crippen molar-refractivity contribution >= 4 is 0 Å². The van der Waals surface area contributed by atoms with Crippen molar-refractivity contribution in [1.29, 1.82) is 0 Å². The molecule has 1 aliphatic carbocycles. The lowest BCUT2D eigenvalue weighted by atomic mass is 9.73. The largest absolute Gasteiger partial charge is 0.314 e. The fourth-order valence-electron chi connectivity index (χ4n) is 3.61. The summed E-state index contributed by atoms with van der Waals surface area (Å²) in [6.45, 7) is 15.3. The average molecular weight is 283 g/mol. The van der Waals surface area contributed by atoms with E-state index in [2.05, 4.69) is 51.9 Å². The molecule has 0 spiro atoms. The molecular weight excluding hydrogens is 244 g/mol. The van der Waals surface area contributed by atoms with Gasteiger partial charge in [-0.2, -0.15) is 0 Å². The molecule has 2 nitrogen and oxygen atoms in total. The van der Waals surface area contributed by atoms with Crippen LogP contribution in [0.2, 0.25) is 0 Å². The number of nitrogens with zero attached hydrogens (tertiary/aromatic N) is 1. The normalized spacial score (nSPS) is 27.8. The zero-order valence-corrected chi connectivity index (χ0v) is 14.8. The van der Waals surface area contributed by atoms with Gasteiger partial charge in [0.1, 0.15) is 0 Å². The molecule has 120 valence electrons. The van der Waals surface area contributed by atoms with Gasteiger partial charge < -0.3 is 10.2 Å². The minimum atomic E-state index is 0.747. The molecule has 20 heavy (non-hydrogen) atoms. The van der Waals surface area contributed by atoms with Crippen molar-refractivity contribution in [3.8, 4) is 0 Å². The molecule has 0 aromatic rings. The van der Waals surface area contributed by atoms with Crippen LogP contribution in [0.4, 0.5) is 0 Å². The van der Waals surface area contributed by atoms with Crippen LogP contribution in [0.25, 0.3) is 0 Å². The van der Waals surface area contributed by atoms with Gasteiger partial charge in [-0.05, 0) is 69.5 Å². The van der Waals surface area contributed by atoms with Crippen molar-refractivity contribution in [2.75, 3.05) is 26.7 Å². The highest BCUT2D eigenvalue weighted by Crippen LogP contribution is 2.34. The van der Waals surface area contributed by atoms with Crippen molar-refractivity contribution in [1.82, 2.24) is 10.2 Å². The molecule has 0 aromatic heterocycles. The Labute approximate surface area is 127 Å². The van der Waals surface area contributed by atoms with Crippen LogP contribution in [0.3, 0.4) is 0 Å². The van der Waals surface area contributed by atoms with Gasteiger partial charge in [0.15, 0.2) is 0 Å². The van der Waals surface area contributed by atoms with Crippen LogP contribution in [-0.4, -0.2) is 37.6 Å². The third-order valence-corrected chi connectivity index (χ3v) is 5.07. The lowest BCUT2D eigenvalue weighted by molar-refractivity contribution is 0.131. The van der Waals surface area contributed by atoms with E-state index in [1.54, 1.807) is 0 Å².